The maximum Gasteiger partial charge on any atom is 0.338 e. The zero-order chi connectivity index (χ0) is 29.3. The van der Waals surface area contributed by atoms with E-state index in [2.05, 4.69) is 0 Å². The molecule has 0 radical (unpaired) electrons. The van der Waals surface area contributed by atoms with Crippen LogP contribution in [0.4, 0.5) is 0 Å². The fourth-order valence-electron chi connectivity index (χ4n) is 2.77. The normalized spacial score (nSPS) is 12.8. The molecule has 1 rings (SSSR count). The molecule has 39 heavy (non-hydrogen) atoms. The fourth-order valence-corrected chi connectivity index (χ4v) is 4.71. The van der Waals surface area contributed by atoms with Crippen LogP contribution in [0, 0.1) is 0 Å². The number of carbonyl (C=O) groups excluding carboxylic acids is 4. The maximum absolute atomic E-state index is 12.2. The van der Waals surface area contributed by atoms with E-state index < -0.39 is 35.7 Å². The number of esters is 4. The predicted octanol–water partition coefficient (Wildman–Crippen LogP) is 3.96. The van der Waals surface area contributed by atoms with Gasteiger partial charge in [0.15, 0.2) is 0 Å². The largest absolute Gasteiger partial charge is 0.463 e. The van der Waals surface area contributed by atoms with Gasteiger partial charge in [-0.05, 0) is 50.5 Å². The van der Waals surface area contributed by atoms with Crippen LogP contribution in [0.1, 0.15) is 80.5 Å². The van der Waals surface area contributed by atoms with Crippen molar-refractivity contribution in [2.75, 3.05) is 31.3 Å². The second-order valence-corrected chi connectivity index (χ2v) is 11.7. The van der Waals surface area contributed by atoms with E-state index in [0.29, 0.717) is 24.3 Å². The zero-order valence-electron chi connectivity index (χ0n) is 23.0. The molecule has 2 atom stereocenters. The minimum absolute atomic E-state index is 0.116. The van der Waals surface area contributed by atoms with Crippen molar-refractivity contribution in [3.63, 3.8) is 0 Å². The molecule has 0 fully saturated rings. The van der Waals surface area contributed by atoms with Crippen molar-refractivity contribution in [1.82, 2.24) is 0 Å². The van der Waals surface area contributed by atoms with Gasteiger partial charge in [0.2, 0.25) is 0 Å². The number of ether oxygens (including phenoxy) is 4. The van der Waals surface area contributed by atoms with Gasteiger partial charge in [-0.25, -0.2) is 9.59 Å². The summed E-state index contributed by atoms with van der Waals surface area (Å²) in [5, 5.41) is 19.4. The van der Waals surface area contributed by atoms with E-state index in [1.165, 1.54) is 45.9 Å². The van der Waals surface area contributed by atoms with E-state index >= 15 is 0 Å². The van der Waals surface area contributed by atoms with Gasteiger partial charge in [-0.3, -0.25) is 9.59 Å². The number of aliphatic hydroxyl groups is 2. The summed E-state index contributed by atoms with van der Waals surface area (Å²) in [5.41, 5.74) is -0.0472. The highest BCUT2D eigenvalue weighted by atomic mass is 33.1. The Balaban J connectivity index is 2.20. The third-order valence-electron chi connectivity index (χ3n) is 5.80. The van der Waals surface area contributed by atoms with Crippen molar-refractivity contribution in [1.29, 1.82) is 0 Å². The Hall–Kier alpha value is -2.28. The molecule has 1 aromatic carbocycles. The van der Waals surface area contributed by atoms with Crippen LogP contribution in [0.2, 0.25) is 0 Å². The van der Waals surface area contributed by atoms with Gasteiger partial charge >= 0.3 is 23.9 Å². The highest BCUT2D eigenvalue weighted by molar-refractivity contribution is 8.76. The molecule has 12 heteroatoms. The fraction of sp³-hybridized carbons (Fsp3) is 0.630. The van der Waals surface area contributed by atoms with Crippen molar-refractivity contribution < 1.29 is 48.3 Å². The molecule has 0 amide bonds. The van der Waals surface area contributed by atoms with Crippen molar-refractivity contribution >= 4 is 45.5 Å². The molecule has 0 bridgehead atoms. The molecule has 0 aliphatic heterocycles. The Kier molecular flexibility index (Phi) is 16.8. The summed E-state index contributed by atoms with van der Waals surface area (Å²) >= 11 is 0. The lowest BCUT2D eigenvalue weighted by atomic mass is 10.0. The molecule has 0 heterocycles. The van der Waals surface area contributed by atoms with Crippen LogP contribution < -0.4 is 0 Å². The number of aliphatic hydroxyl groups excluding tert-OH is 2. The van der Waals surface area contributed by atoms with Crippen LogP contribution >= 0.6 is 21.6 Å². The lowest BCUT2D eigenvalue weighted by Crippen LogP contribution is -2.30. The number of hydrogen-bond acceptors (Lipinski definition) is 12. The molecule has 0 aromatic heterocycles. The van der Waals surface area contributed by atoms with E-state index in [4.69, 9.17) is 18.9 Å². The summed E-state index contributed by atoms with van der Waals surface area (Å²) in [6.45, 7) is 6.84. The molecular weight excluding hydrogens is 548 g/mol. The number of hydrogen-bond donors (Lipinski definition) is 2. The van der Waals surface area contributed by atoms with Gasteiger partial charge < -0.3 is 29.2 Å². The molecule has 10 nitrogen and oxygen atoms in total. The first-order valence-corrected chi connectivity index (χ1v) is 15.4. The Labute approximate surface area is 237 Å². The first-order valence-electron chi connectivity index (χ1n) is 13.0. The van der Waals surface area contributed by atoms with E-state index in [1.54, 1.807) is 6.92 Å². The summed E-state index contributed by atoms with van der Waals surface area (Å²) < 4.78 is 20.5. The molecule has 0 spiro atoms. The van der Waals surface area contributed by atoms with Crippen LogP contribution in [0.3, 0.4) is 0 Å². The van der Waals surface area contributed by atoms with E-state index in [-0.39, 0.29) is 43.3 Å². The highest BCUT2D eigenvalue weighted by Gasteiger charge is 2.24. The van der Waals surface area contributed by atoms with Gasteiger partial charge in [0, 0.05) is 11.5 Å². The summed E-state index contributed by atoms with van der Waals surface area (Å²) in [5.74, 6) is -1.01. The van der Waals surface area contributed by atoms with Gasteiger partial charge in [-0.15, -0.1) is 0 Å². The molecule has 2 unspecified atom stereocenters. The van der Waals surface area contributed by atoms with E-state index in [0.717, 1.165) is 12.8 Å². The minimum atomic E-state index is -1.19. The van der Waals surface area contributed by atoms with Gasteiger partial charge in [0.05, 0.1) is 30.1 Å². The topological polar surface area (TPSA) is 146 Å². The number of carbonyl (C=O) groups is 4. The molecular formula is C27H40O10S2. The number of benzene rings is 1. The van der Waals surface area contributed by atoms with Crippen molar-refractivity contribution in [3.05, 3.63) is 35.4 Å². The second-order valence-electron chi connectivity index (χ2n) is 8.95. The minimum Gasteiger partial charge on any atom is -0.463 e. The second kappa shape index (κ2) is 18.9. The Morgan fingerprint density at radius 2 is 1.18 bits per heavy atom. The monoisotopic (exact) mass is 588 g/mol. The SMILES string of the molecule is CCC(O)COC(=O)c1ccc(C(=O)OCC(O)COC(=O)CCSSCCC(=O)OC(C)(CC)CC)cc1. The number of rotatable bonds is 19. The maximum atomic E-state index is 12.2. The summed E-state index contributed by atoms with van der Waals surface area (Å²) in [7, 11) is 2.91. The summed E-state index contributed by atoms with van der Waals surface area (Å²) in [6, 6.07) is 5.55. The Morgan fingerprint density at radius 1 is 0.744 bits per heavy atom. The van der Waals surface area contributed by atoms with Crippen molar-refractivity contribution in [3.8, 4) is 0 Å². The molecule has 0 aliphatic rings. The smallest absolute Gasteiger partial charge is 0.338 e. The third kappa shape index (κ3) is 14.6. The molecule has 2 N–H and O–H groups in total. The van der Waals surface area contributed by atoms with Gasteiger partial charge in [-0.1, -0.05) is 42.4 Å². The third-order valence-corrected chi connectivity index (χ3v) is 8.20. The van der Waals surface area contributed by atoms with Crippen molar-refractivity contribution in [2.45, 2.75) is 77.6 Å². The van der Waals surface area contributed by atoms with Crippen LogP contribution in [0.5, 0.6) is 0 Å². The standard InChI is InChI=1S/C27H40O10S2/c1-5-21(28)16-35-25(32)19-8-10-20(11-9-19)26(33)36-18-22(29)17-34-23(30)12-14-38-39-15-13-24(31)37-27(4,6-2)7-3/h8-11,21-22,28-29H,5-7,12-18H2,1-4H3. The molecule has 1 aromatic rings. The van der Waals surface area contributed by atoms with Crippen LogP contribution in [0.25, 0.3) is 0 Å². The van der Waals surface area contributed by atoms with Crippen LogP contribution in [0.15, 0.2) is 24.3 Å². The van der Waals surface area contributed by atoms with E-state index in [1.807, 2.05) is 20.8 Å². The Morgan fingerprint density at radius 3 is 1.64 bits per heavy atom. The van der Waals surface area contributed by atoms with Crippen LogP contribution in [-0.2, 0) is 28.5 Å². The highest BCUT2D eigenvalue weighted by Crippen LogP contribution is 2.25. The zero-order valence-corrected chi connectivity index (χ0v) is 24.6. The summed E-state index contributed by atoms with van der Waals surface area (Å²) in [6.07, 6.45) is 0.478. The van der Waals surface area contributed by atoms with E-state index in [9.17, 15) is 29.4 Å². The average Bonchev–Trinajstić information content (AvgIpc) is 2.94. The van der Waals surface area contributed by atoms with Crippen LogP contribution in [-0.4, -0.2) is 83.2 Å². The summed E-state index contributed by atoms with van der Waals surface area (Å²) in [4.78, 5) is 47.9. The average molecular weight is 589 g/mol. The first kappa shape index (κ1) is 34.7. The van der Waals surface area contributed by atoms with Crippen molar-refractivity contribution in [2.24, 2.45) is 0 Å². The molecule has 0 saturated heterocycles. The van der Waals surface area contributed by atoms with Gasteiger partial charge in [-0.2, -0.15) is 0 Å². The van der Waals surface area contributed by atoms with Gasteiger partial charge in [0.25, 0.3) is 0 Å². The molecule has 220 valence electrons. The quantitative estimate of drug-likeness (QED) is 0.104. The molecule has 0 saturated carbocycles. The predicted molar refractivity (Wildman–Crippen MR) is 149 cm³/mol. The molecule has 0 aliphatic carbocycles. The Bertz CT molecular complexity index is 902. The van der Waals surface area contributed by atoms with Gasteiger partial charge in [0.1, 0.15) is 31.5 Å². The lowest BCUT2D eigenvalue weighted by Gasteiger charge is -2.26. The lowest BCUT2D eigenvalue weighted by molar-refractivity contribution is -0.158. The first-order chi connectivity index (χ1) is 18.5.